The molecule has 0 bridgehead atoms. The SMILES string of the molecule is CCCCN(C(=O)CN)C1CCS(=O)(=O)C1.Cl. The highest BCUT2D eigenvalue weighted by molar-refractivity contribution is 7.91. The molecule has 1 rings (SSSR count). The van der Waals surface area contributed by atoms with Crippen LogP contribution in [0.1, 0.15) is 26.2 Å². The first-order valence-electron chi connectivity index (χ1n) is 5.70. The van der Waals surface area contributed by atoms with Gasteiger partial charge in [-0.1, -0.05) is 13.3 Å². The van der Waals surface area contributed by atoms with Crippen LogP contribution >= 0.6 is 12.4 Å². The van der Waals surface area contributed by atoms with Gasteiger partial charge in [0.1, 0.15) is 0 Å². The summed E-state index contributed by atoms with van der Waals surface area (Å²) in [5.74, 6) is 0.149. The van der Waals surface area contributed by atoms with E-state index in [1.165, 1.54) is 0 Å². The second-order valence-corrected chi connectivity index (χ2v) is 6.43. The third-order valence-electron chi connectivity index (χ3n) is 2.90. The van der Waals surface area contributed by atoms with Crippen molar-refractivity contribution >= 4 is 28.2 Å². The highest BCUT2D eigenvalue weighted by atomic mass is 35.5. The van der Waals surface area contributed by atoms with Crippen LogP contribution in [0.4, 0.5) is 0 Å². The molecule has 0 saturated carbocycles. The number of rotatable bonds is 5. The molecule has 0 aromatic rings. The molecule has 17 heavy (non-hydrogen) atoms. The minimum absolute atomic E-state index is 0. The van der Waals surface area contributed by atoms with E-state index in [9.17, 15) is 13.2 Å². The van der Waals surface area contributed by atoms with Gasteiger partial charge in [-0.3, -0.25) is 4.79 Å². The first kappa shape index (κ1) is 16.7. The molecule has 1 amide bonds. The van der Waals surface area contributed by atoms with Crippen LogP contribution in [-0.4, -0.2) is 49.9 Å². The summed E-state index contributed by atoms with van der Waals surface area (Å²) in [4.78, 5) is 13.3. The number of nitrogens with two attached hydrogens (primary N) is 1. The number of amides is 1. The molecule has 5 nitrogen and oxygen atoms in total. The fraction of sp³-hybridized carbons (Fsp3) is 0.900. The summed E-state index contributed by atoms with van der Waals surface area (Å²) >= 11 is 0. The molecule has 1 unspecified atom stereocenters. The normalized spacial score (nSPS) is 21.9. The van der Waals surface area contributed by atoms with Gasteiger partial charge in [0.15, 0.2) is 9.84 Å². The number of hydrogen-bond donors (Lipinski definition) is 1. The van der Waals surface area contributed by atoms with Crippen LogP contribution in [0.3, 0.4) is 0 Å². The zero-order valence-electron chi connectivity index (χ0n) is 10.1. The van der Waals surface area contributed by atoms with Gasteiger partial charge in [-0.2, -0.15) is 0 Å². The van der Waals surface area contributed by atoms with Crippen molar-refractivity contribution in [3.05, 3.63) is 0 Å². The second kappa shape index (κ2) is 7.18. The average molecular weight is 285 g/mol. The summed E-state index contributed by atoms with van der Waals surface area (Å²) in [6.07, 6.45) is 2.42. The average Bonchev–Trinajstić information content (AvgIpc) is 2.59. The Morgan fingerprint density at radius 3 is 2.53 bits per heavy atom. The Morgan fingerprint density at radius 1 is 1.47 bits per heavy atom. The van der Waals surface area contributed by atoms with Crippen LogP contribution in [-0.2, 0) is 14.6 Å². The molecule has 0 spiro atoms. The van der Waals surface area contributed by atoms with Crippen molar-refractivity contribution in [3.8, 4) is 0 Å². The maximum atomic E-state index is 11.6. The predicted molar refractivity (Wildman–Crippen MR) is 70.0 cm³/mol. The Kier molecular flexibility index (Phi) is 7.04. The van der Waals surface area contributed by atoms with Gasteiger partial charge in [-0.05, 0) is 12.8 Å². The fourth-order valence-corrected chi connectivity index (χ4v) is 3.71. The van der Waals surface area contributed by atoms with E-state index in [0.717, 1.165) is 12.8 Å². The van der Waals surface area contributed by atoms with Gasteiger partial charge in [0.25, 0.3) is 0 Å². The van der Waals surface area contributed by atoms with Crippen molar-refractivity contribution in [2.45, 2.75) is 32.2 Å². The summed E-state index contributed by atoms with van der Waals surface area (Å²) in [7, 11) is -2.94. The summed E-state index contributed by atoms with van der Waals surface area (Å²) in [6.45, 7) is 2.61. The van der Waals surface area contributed by atoms with Crippen LogP contribution in [0, 0.1) is 0 Å². The molecular formula is C10H21ClN2O3S. The molecule has 1 saturated heterocycles. The van der Waals surface area contributed by atoms with Gasteiger partial charge in [-0.25, -0.2) is 8.42 Å². The number of carbonyl (C=O) groups excluding carboxylic acids is 1. The minimum Gasteiger partial charge on any atom is -0.338 e. The van der Waals surface area contributed by atoms with Crippen LogP contribution < -0.4 is 5.73 Å². The topological polar surface area (TPSA) is 80.5 Å². The number of halogens is 1. The van der Waals surface area contributed by atoms with Gasteiger partial charge < -0.3 is 10.6 Å². The molecule has 0 radical (unpaired) electrons. The van der Waals surface area contributed by atoms with Gasteiger partial charge in [0, 0.05) is 12.6 Å². The summed E-state index contributed by atoms with van der Waals surface area (Å²) < 4.78 is 22.7. The Hall–Kier alpha value is -0.330. The first-order chi connectivity index (χ1) is 7.50. The van der Waals surface area contributed by atoms with Gasteiger partial charge >= 0.3 is 0 Å². The van der Waals surface area contributed by atoms with Gasteiger partial charge in [-0.15, -0.1) is 12.4 Å². The zero-order chi connectivity index (χ0) is 12.2. The third kappa shape index (κ3) is 4.81. The fourth-order valence-electron chi connectivity index (χ4n) is 1.98. The molecule has 2 N–H and O–H groups in total. The molecule has 1 aliphatic rings. The van der Waals surface area contributed by atoms with E-state index in [1.807, 2.05) is 6.92 Å². The number of carbonyl (C=O) groups is 1. The molecular weight excluding hydrogens is 264 g/mol. The Bertz CT molecular complexity index is 345. The van der Waals surface area contributed by atoms with Crippen molar-refractivity contribution in [1.82, 2.24) is 4.90 Å². The Labute approximate surface area is 109 Å². The van der Waals surface area contributed by atoms with E-state index < -0.39 is 9.84 Å². The summed E-state index contributed by atoms with van der Waals surface area (Å²) in [6, 6.07) is -0.160. The van der Waals surface area contributed by atoms with Crippen molar-refractivity contribution in [3.63, 3.8) is 0 Å². The largest absolute Gasteiger partial charge is 0.338 e. The van der Waals surface area contributed by atoms with E-state index in [2.05, 4.69) is 0 Å². The molecule has 1 fully saturated rings. The van der Waals surface area contributed by atoms with Crippen molar-refractivity contribution in [2.75, 3.05) is 24.6 Å². The summed E-state index contributed by atoms with van der Waals surface area (Å²) in [5, 5.41) is 0. The lowest BCUT2D eigenvalue weighted by Crippen LogP contribution is -2.44. The monoisotopic (exact) mass is 284 g/mol. The third-order valence-corrected chi connectivity index (χ3v) is 4.65. The van der Waals surface area contributed by atoms with Gasteiger partial charge in [0.05, 0.1) is 18.1 Å². The number of unbranched alkanes of at least 4 members (excludes halogenated alkanes) is 1. The highest BCUT2D eigenvalue weighted by Crippen LogP contribution is 2.18. The zero-order valence-corrected chi connectivity index (χ0v) is 11.7. The number of hydrogen-bond acceptors (Lipinski definition) is 4. The molecule has 102 valence electrons. The van der Waals surface area contributed by atoms with E-state index in [1.54, 1.807) is 4.90 Å². The van der Waals surface area contributed by atoms with Crippen LogP contribution in [0.5, 0.6) is 0 Å². The maximum Gasteiger partial charge on any atom is 0.236 e. The number of sulfone groups is 1. The predicted octanol–water partition coefficient (Wildman–Crippen LogP) is 0.183. The first-order valence-corrected chi connectivity index (χ1v) is 7.52. The highest BCUT2D eigenvalue weighted by Gasteiger charge is 2.33. The maximum absolute atomic E-state index is 11.6. The van der Waals surface area contributed by atoms with Crippen LogP contribution in [0.25, 0.3) is 0 Å². The lowest BCUT2D eigenvalue weighted by Gasteiger charge is -2.27. The smallest absolute Gasteiger partial charge is 0.236 e. The molecule has 0 aliphatic carbocycles. The van der Waals surface area contributed by atoms with Crippen LogP contribution in [0.15, 0.2) is 0 Å². The van der Waals surface area contributed by atoms with Crippen molar-refractivity contribution in [2.24, 2.45) is 5.73 Å². The standard InChI is InChI=1S/C10H20N2O3S.ClH/c1-2-3-5-12(10(13)7-11)9-4-6-16(14,15)8-9;/h9H,2-8,11H2,1H3;1H. The summed E-state index contributed by atoms with van der Waals surface area (Å²) in [5.41, 5.74) is 5.34. The van der Waals surface area contributed by atoms with E-state index in [4.69, 9.17) is 5.73 Å². The van der Waals surface area contributed by atoms with E-state index in [0.29, 0.717) is 13.0 Å². The Balaban J connectivity index is 0.00000256. The molecule has 1 aliphatic heterocycles. The molecule has 0 aromatic heterocycles. The van der Waals surface area contributed by atoms with Crippen molar-refractivity contribution < 1.29 is 13.2 Å². The lowest BCUT2D eigenvalue weighted by molar-refractivity contribution is -0.131. The lowest BCUT2D eigenvalue weighted by atomic mass is 10.2. The van der Waals surface area contributed by atoms with Gasteiger partial charge in [0.2, 0.25) is 5.91 Å². The van der Waals surface area contributed by atoms with Crippen molar-refractivity contribution in [1.29, 1.82) is 0 Å². The molecule has 1 heterocycles. The molecule has 1 atom stereocenters. The number of nitrogens with zero attached hydrogens (tertiary/aromatic N) is 1. The molecule has 7 heteroatoms. The van der Waals surface area contributed by atoms with Crippen LogP contribution in [0.2, 0.25) is 0 Å². The second-order valence-electron chi connectivity index (χ2n) is 4.20. The van der Waals surface area contributed by atoms with E-state index >= 15 is 0 Å². The minimum atomic E-state index is -2.94. The Morgan fingerprint density at radius 2 is 2.12 bits per heavy atom. The molecule has 0 aromatic carbocycles. The van der Waals surface area contributed by atoms with E-state index in [-0.39, 0.29) is 42.4 Å². The quantitative estimate of drug-likeness (QED) is 0.781.